The number of hydrogen-bond donors (Lipinski definition) is 1. The fourth-order valence-corrected chi connectivity index (χ4v) is 2.25. The lowest BCUT2D eigenvalue weighted by Crippen LogP contribution is -2.49. The smallest absolute Gasteiger partial charge is 0.239 e. The summed E-state index contributed by atoms with van der Waals surface area (Å²) >= 11 is 5.09. The van der Waals surface area contributed by atoms with Gasteiger partial charge in [0.15, 0.2) is 0 Å². The van der Waals surface area contributed by atoms with Gasteiger partial charge in [-0.25, -0.2) is 0 Å². The second-order valence-corrected chi connectivity index (χ2v) is 5.33. The van der Waals surface area contributed by atoms with E-state index in [-0.39, 0.29) is 10.9 Å². The summed E-state index contributed by atoms with van der Waals surface area (Å²) in [7, 11) is 0. The van der Waals surface area contributed by atoms with Gasteiger partial charge in [-0.2, -0.15) is 0 Å². The molecule has 3 nitrogen and oxygen atoms in total. The summed E-state index contributed by atoms with van der Waals surface area (Å²) in [5, 5.41) is 0. The molecule has 0 radical (unpaired) electrons. The van der Waals surface area contributed by atoms with E-state index in [4.69, 9.17) is 18.0 Å². The third-order valence-electron chi connectivity index (χ3n) is 3.69. The van der Waals surface area contributed by atoms with Crippen molar-refractivity contribution in [2.45, 2.75) is 34.1 Å². The largest absolute Gasteiger partial charge is 0.392 e. The summed E-state index contributed by atoms with van der Waals surface area (Å²) in [5.74, 6) is -0.0284. The van der Waals surface area contributed by atoms with Crippen molar-refractivity contribution in [2.75, 3.05) is 11.4 Å². The summed E-state index contributed by atoms with van der Waals surface area (Å²) in [5.41, 5.74) is 6.98. The van der Waals surface area contributed by atoms with Gasteiger partial charge >= 0.3 is 0 Å². The van der Waals surface area contributed by atoms with Crippen LogP contribution in [-0.2, 0) is 4.79 Å². The summed E-state index contributed by atoms with van der Waals surface area (Å²) in [6.45, 7) is 8.30. The van der Waals surface area contributed by atoms with E-state index in [1.807, 2.05) is 52.0 Å². The highest BCUT2D eigenvalue weighted by Gasteiger charge is 2.38. The van der Waals surface area contributed by atoms with Gasteiger partial charge in [-0.05, 0) is 38.8 Å². The molecule has 2 N–H and O–H groups in total. The molecule has 0 fully saturated rings. The third kappa shape index (κ3) is 2.95. The average Bonchev–Trinajstić information content (AvgIpc) is 2.40. The second-order valence-electron chi connectivity index (χ2n) is 4.89. The Morgan fingerprint density at radius 2 is 1.95 bits per heavy atom. The highest BCUT2D eigenvalue weighted by atomic mass is 32.1. The number of para-hydroxylation sites is 1. The number of rotatable bonds is 5. The number of aryl methyl sites for hydroxylation is 1. The Kier molecular flexibility index (Phi) is 5.06. The molecule has 1 unspecified atom stereocenters. The summed E-state index contributed by atoms with van der Waals surface area (Å²) in [6.07, 6.45) is 0.601. The Morgan fingerprint density at radius 1 is 1.37 bits per heavy atom. The van der Waals surface area contributed by atoms with Gasteiger partial charge in [-0.3, -0.25) is 4.79 Å². The molecule has 0 heterocycles. The maximum Gasteiger partial charge on any atom is 0.239 e. The van der Waals surface area contributed by atoms with Crippen molar-refractivity contribution in [1.29, 1.82) is 0 Å². The predicted octanol–water partition coefficient (Wildman–Crippen LogP) is 3.05. The number of carbonyl (C=O) groups excluding carboxylic acids is 1. The van der Waals surface area contributed by atoms with Crippen LogP contribution in [0.15, 0.2) is 24.3 Å². The highest BCUT2D eigenvalue weighted by molar-refractivity contribution is 7.80. The zero-order valence-electron chi connectivity index (χ0n) is 12.1. The number of hydrogen-bond acceptors (Lipinski definition) is 2. The van der Waals surface area contributed by atoms with Crippen LogP contribution < -0.4 is 10.6 Å². The molecule has 0 aliphatic rings. The summed E-state index contributed by atoms with van der Waals surface area (Å²) in [4.78, 5) is 14.8. The van der Waals surface area contributed by atoms with Crippen LogP contribution in [0.5, 0.6) is 0 Å². The van der Waals surface area contributed by atoms with E-state index < -0.39 is 5.41 Å². The van der Waals surface area contributed by atoms with Gasteiger partial charge in [0.25, 0.3) is 0 Å². The maximum atomic E-state index is 12.8. The topological polar surface area (TPSA) is 46.3 Å². The van der Waals surface area contributed by atoms with Crippen molar-refractivity contribution in [3.63, 3.8) is 0 Å². The van der Waals surface area contributed by atoms with Gasteiger partial charge in [0.1, 0.15) is 0 Å². The molecule has 1 atom stereocenters. The molecule has 0 bridgehead atoms. The Balaban J connectivity index is 3.21. The first kappa shape index (κ1) is 15.6. The van der Waals surface area contributed by atoms with Crippen LogP contribution in [0.1, 0.15) is 32.8 Å². The number of benzene rings is 1. The van der Waals surface area contributed by atoms with Gasteiger partial charge < -0.3 is 10.6 Å². The summed E-state index contributed by atoms with van der Waals surface area (Å²) < 4.78 is 0. The van der Waals surface area contributed by atoms with E-state index in [9.17, 15) is 4.79 Å². The van der Waals surface area contributed by atoms with Crippen LogP contribution in [0.3, 0.4) is 0 Å². The quantitative estimate of drug-likeness (QED) is 0.842. The van der Waals surface area contributed by atoms with Crippen molar-refractivity contribution < 1.29 is 4.79 Å². The van der Waals surface area contributed by atoms with E-state index >= 15 is 0 Å². The molecule has 0 aliphatic carbocycles. The van der Waals surface area contributed by atoms with Crippen LogP contribution in [0, 0.1) is 12.3 Å². The Labute approximate surface area is 120 Å². The van der Waals surface area contributed by atoms with Crippen molar-refractivity contribution >= 4 is 28.8 Å². The average molecular weight is 278 g/mol. The summed E-state index contributed by atoms with van der Waals surface area (Å²) in [6, 6.07) is 7.84. The van der Waals surface area contributed by atoms with Crippen LogP contribution >= 0.6 is 12.2 Å². The zero-order valence-corrected chi connectivity index (χ0v) is 12.9. The normalized spacial score (nSPS) is 13.7. The van der Waals surface area contributed by atoms with Gasteiger partial charge in [-0.1, -0.05) is 37.3 Å². The molecule has 19 heavy (non-hydrogen) atoms. The molecule has 0 saturated carbocycles. The molecular formula is C15H22N2OS. The minimum atomic E-state index is -0.784. The second kappa shape index (κ2) is 6.15. The van der Waals surface area contributed by atoms with Crippen molar-refractivity contribution in [3.8, 4) is 0 Å². The highest BCUT2D eigenvalue weighted by Crippen LogP contribution is 2.29. The van der Waals surface area contributed by atoms with E-state index in [0.717, 1.165) is 11.3 Å². The van der Waals surface area contributed by atoms with E-state index in [1.165, 1.54) is 0 Å². The third-order valence-corrected chi connectivity index (χ3v) is 4.14. The molecule has 0 aromatic heterocycles. The number of carbonyl (C=O) groups is 1. The standard InChI is InChI=1S/C15H22N2OS/c1-5-15(4,13(16)19)14(18)17(6-2)12-10-8-7-9-11(12)3/h7-10H,5-6H2,1-4H3,(H2,16,19). The lowest BCUT2D eigenvalue weighted by molar-refractivity contribution is -0.124. The van der Waals surface area contributed by atoms with E-state index in [2.05, 4.69) is 0 Å². The molecule has 0 saturated heterocycles. The van der Waals surface area contributed by atoms with Crippen LogP contribution in [0.2, 0.25) is 0 Å². The molecule has 1 aromatic rings. The van der Waals surface area contributed by atoms with Gasteiger partial charge in [0.2, 0.25) is 5.91 Å². The fraction of sp³-hybridized carbons (Fsp3) is 0.467. The molecule has 1 aromatic carbocycles. The molecule has 1 amide bonds. The monoisotopic (exact) mass is 278 g/mol. The first-order valence-electron chi connectivity index (χ1n) is 6.56. The first-order valence-corrected chi connectivity index (χ1v) is 6.96. The van der Waals surface area contributed by atoms with Gasteiger partial charge in [0.05, 0.1) is 10.4 Å². The lowest BCUT2D eigenvalue weighted by Gasteiger charge is -2.33. The van der Waals surface area contributed by atoms with Crippen LogP contribution in [-0.4, -0.2) is 17.4 Å². The minimum absolute atomic E-state index is 0.0284. The Bertz CT molecular complexity index is 487. The number of nitrogens with zero attached hydrogens (tertiary/aromatic N) is 1. The van der Waals surface area contributed by atoms with Crippen molar-refractivity contribution in [3.05, 3.63) is 29.8 Å². The number of thiocarbonyl (C=S) groups is 1. The SMILES string of the molecule is CCN(C(=O)C(C)(CC)C(N)=S)c1ccccc1C. The van der Waals surface area contributed by atoms with Crippen molar-refractivity contribution in [2.24, 2.45) is 11.1 Å². The number of amides is 1. The number of nitrogens with two attached hydrogens (primary N) is 1. The fourth-order valence-electron chi connectivity index (χ4n) is 2.02. The molecule has 1 rings (SSSR count). The Hall–Kier alpha value is -1.42. The van der Waals surface area contributed by atoms with Crippen LogP contribution in [0.25, 0.3) is 0 Å². The van der Waals surface area contributed by atoms with Gasteiger partial charge in [0, 0.05) is 12.2 Å². The first-order chi connectivity index (χ1) is 8.88. The van der Waals surface area contributed by atoms with Gasteiger partial charge in [-0.15, -0.1) is 0 Å². The molecular weight excluding hydrogens is 256 g/mol. The molecule has 0 aliphatic heterocycles. The Morgan fingerprint density at radius 3 is 2.37 bits per heavy atom. The predicted molar refractivity (Wildman–Crippen MR) is 84.4 cm³/mol. The molecule has 4 heteroatoms. The van der Waals surface area contributed by atoms with E-state index in [1.54, 1.807) is 4.90 Å². The molecule has 0 spiro atoms. The minimum Gasteiger partial charge on any atom is -0.392 e. The van der Waals surface area contributed by atoms with E-state index in [0.29, 0.717) is 13.0 Å². The zero-order chi connectivity index (χ0) is 14.6. The molecule has 104 valence electrons. The maximum absolute atomic E-state index is 12.8. The van der Waals surface area contributed by atoms with Crippen LogP contribution in [0.4, 0.5) is 5.69 Å². The lowest BCUT2D eigenvalue weighted by atomic mass is 9.85. The number of anilines is 1. The van der Waals surface area contributed by atoms with Crippen molar-refractivity contribution in [1.82, 2.24) is 0 Å².